The molecule has 1 radical (unpaired) electrons. The maximum atomic E-state index is 4.29. The normalized spacial score (nSPS) is 10.6. The molecule has 2 rings (SSSR count). The second kappa shape index (κ2) is 4.23. The number of hydrogen-bond acceptors (Lipinski definition) is 1. The number of nitrogens with zero attached hydrogens (tertiary/aromatic N) is 1. The summed E-state index contributed by atoms with van der Waals surface area (Å²) >= 11 is 0. The van der Waals surface area contributed by atoms with Gasteiger partial charge in [0.2, 0.25) is 0 Å². The molecule has 0 saturated heterocycles. The van der Waals surface area contributed by atoms with E-state index in [0.717, 1.165) is 24.8 Å². The molecular formula is C13H15N+. The van der Waals surface area contributed by atoms with E-state index in [4.69, 9.17) is 0 Å². The van der Waals surface area contributed by atoms with Gasteiger partial charge < -0.3 is 0 Å². The Morgan fingerprint density at radius 3 is 3.07 bits per heavy atom. The van der Waals surface area contributed by atoms with Crippen LogP contribution in [0.4, 0.5) is 0 Å². The van der Waals surface area contributed by atoms with Gasteiger partial charge in [-0.25, -0.2) is 0 Å². The average molecular weight is 185 g/mol. The first kappa shape index (κ1) is 9.20. The van der Waals surface area contributed by atoms with Crippen molar-refractivity contribution in [3.05, 3.63) is 49.0 Å². The highest BCUT2D eigenvalue weighted by Gasteiger charge is 1.96. The number of fused-ring (bicyclic) bond motifs is 1. The maximum Gasteiger partial charge on any atom is 1.00 e. The summed E-state index contributed by atoms with van der Waals surface area (Å²) in [4.78, 5) is 4.29. The summed E-state index contributed by atoms with van der Waals surface area (Å²) in [5.41, 5.74) is 2.46. The second-order valence-corrected chi connectivity index (χ2v) is 3.49. The summed E-state index contributed by atoms with van der Waals surface area (Å²) in [5, 5.41) is 1.23. The molecule has 1 aromatic carbocycles. The van der Waals surface area contributed by atoms with E-state index in [1.54, 1.807) is 0 Å². The lowest BCUT2D eigenvalue weighted by Gasteiger charge is -2.01. The molecule has 1 heteroatoms. The molecule has 1 heterocycles. The first-order valence-electron chi connectivity index (χ1n) is 5.03. The standard InChI is InChI=1S/C13H14N/c1-2-3-5-11-7-8-13-12(10-11)6-4-9-14-13/h4,6-10H,1-3,5H2/p+1. The first-order chi connectivity index (χ1) is 6.90. The Hall–Kier alpha value is -1.37. The van der Waals surface area contributed by atoms with Crippen LogP contribution in [0.5, 0.6) is 0 Å². The number of pyridine rings is 1. The van der Waals surface area contributed by atoms with E-state index in [2.05, 4.69) is 36.2 Å². The molecule has 0 aliphatic heterocycles. The largest absolute Gasteiger partial charge is 1.00 e. The van der Waals surface area contributed by atoms with Crippen molar-refractivity contribution in [1.82, 2.24) is 4.98 Å². The van der Waals surface area contributed by atoms with E-state index in [1.807, 2.05) is 12.3 Å². The summed E-state index contributed by atoms with van der Waals surface area (Å²) in [6.07, 6.45) is 5.11. The molecule has 71 valence electrons. The third-order valence-corrected chi connectivity index (χ3v) is 2.38. The zero-order chi connectivity index (χ0) is 9.80. The van der Waals surface area contributed by atoms with E-state index in [1.165, 1.54) is 10.9 Å². The van der Waals surface area contributed by atoms with Crippen LogP contribution in [-0.2, 0) is 6.42 Å². The van der Waals surface area contributed by atoms with E-state index >= 15 is 0 Å². The Morgan fingerprint density at radius 1 is 1.29 bits per heavy atom. The molecular weight excluding hydrogens is 170 g/mol. The SMILES string of the molecule is [CH2]CCCc1ccc2ncccc2c1.[H+]. The molecule has 0 spiro atoms. The quantitative estimate of drug-likeness (QED) is 0.713. The van der Waals surface area contributed by atoms with Crippen molar-refractivity contribution in [2.24, 2.45) is 0 Å². The van der Waals surface area contributed by atoms with Crippen LogP contribution in [0.15, 0.2) is 36.5 Å². The molecule has 0 unspecified atom stereocenters. The molecule has 1 nitrogen and oxygen atoms in total. The predicted octanol–water partition coefficient (Wildman–Crippen LogP) is 3.50. The summed E-state index contributed by atoms with van der Waals surface area (Å²) in [6.45, 7) is 3.85. The monoisotopic (exact) mass is 185 g/mol. The topological polar surface area (TPSA) is 12.9 Å². The number of aryl methyl sites for hydroxylation is 1. The predicted molar refractivity (Wildman–Crippen MR) is 61.2 cm³/mol. The fraction of sp³-hybridized carbons (Fsp3) is 0.231. The third kappa shape index (κ3) is 1.92. The molecule has 0 fully saturated rings. The zero-order valence-corrected chi connectivity index (χ0v) is 8.24. The van der Waals surface area contributed by atoms with Crippen LogP contribution in [0, 0.1) is 6.92 Å². The number of aromatic nitrogens is 1. The van der Waals surface area contributed by atoms with Gasteiger partial charge in [-0.15, -0.1) is 0 Å². The van der Waals surface area contributed by atoms with Gasteiger partial charge in [-0.1, -0.05) is 25.5 Å². The van der Waals surface area contributed by atoms with Crippen LogP contribution in [0.3, 0.4) is 0 Å². The fourth-order valence-corrected chi connectivity index (χ4v) is 1.61. The Labute approximate surface area is 86.3 Å². The highest BCUT2D eigenvalue weighted by Crippen LogP contribution is 2.14. The molecule has 2 aromatic rings. The lowest BCUT2D eigenvalue weighted by molar-refractivity contribution is 0.842. The summed E-state index contributed by atoms with van der Waals surface area (Å²) in [6, 6.07) is 10.6. The van der Waals surface area contributed by atoms with Crippen LogP contribution in [0.1, 0.15) is 19.8 Å². The van der Waals surface area contributed by atoms with Crippen LogP contribution in [0.25, 0.3) is 10.9 Å². The molecule has 0 saturated carbocycles. The fourth-order valence-electron chi connectivity index (χ4n) is 1.61. The van der Waals surface area contributed by atoms with Crippen molar-refractivity contribution < 1.29 is 1.43 Å². The minimum Gasteiger partial charge on any atom is -0.256 e. The van der Waals surface area contributed by atoms with Gasteiger partial charge in [-0.05, 0) is 36.6 Å². The van der Waals surface area contributed by atoms with Crippen molar-refractivity contribution in [2.75, 3.05) is 0 Å². The molecule has 14 heavy (non-hydrogen) atoms. The summed E-state index contributed by atoms with van der Waals surface area (Å²) < 4.78 is 0. The number of rotatable bonds is 3. The van der Waals surface area contributed by atoms with Gasteiger partial charge in [-0.3, -0.25) is 4.98 Å². The van der Waals surface area contributed by atoms with Gasteiger partial charge in [-0.2, -0.15) is 0 Å². The van der Waals surface area contributed by atoms with Crippen molar-refractivity contribution in [2.45, 2.75) is 19.3 Å². The Bertz CT molecular complexity index is 426. The van der Waals surface area contributed by atoms with Gasteiger partial charge in [0, 0.05) is 11.6 Å². The molecule has 0 N–H and O–H groups in total. The number of benzene rings is 1. The lowest BCUT2D eigenvalue weighted by atomic mass is 10.1. The summed E-state index contributed by atoms with van der Waals surface area (Å²) in [5.74, 6) is 0. The second-order valence-electron chi connectivity index (χ2n) is 3.49. The maximum absolute atomic E-state index is 4.29. The van der Waals surface area contributed by atoms with Gasteiger partial charge in [0.05, 0.1) is 5.52 Å². The minimum absolute atomic E-state index is 0. The molecule has 1 aromatic heterocycles. The number of unbranched alkanes of at least 4 members (excludes halogenated alkanes) is 1. The smallest absolute Gasteiger partial charge is 0.256 e. The first-order valence-corrected chi connectivity index (χ1v) is 5.03. The van der Waals surface area contributed by atoms with Gasteiger partial charge in [0.1, 0.15) is 0 Å². The summed E-state index contributed by atoms with van der Waals surface area (Å²) in [7, 11) is 0. The highest BCUT2D eigenvalue weighted by atomic mass is 14.6. The van der Waals surface area contributed by atoms with Crippen molar-refractivity contribution in [3.63, 3.8) is 0 Å². The van der Waals surface area contributed by atoms with Crippen LogP contribution in [0.2, 0.25) is 0 Å². The average Bonchev–Trinajstić information content (AvgIpc) is 2.26. The van der Waals surface area contributed by atoms with Crippen molar-refractivity contribution in [3.8, 4) is 0 Å². The van der Waals surface area contributed by atoms with Crippen molar-refractivity contribution >= 4 is 10.9 Å². The molecule has 0 aliphatic carbocycles. The molecule has 0 bridgehead atoms. The van der Waals surface area contributed by atoms with Crippen molar-refractivity contribution in [1.29, 1.82) is 0 Å². The third-order valence-electron chi connectivity index (χ3n) is 2.38. The van der Waals surface area contributed by atoms with Gasteiger partial charge in [0.25, 0.3) is 0 Å². The van der Waals surface area contributed by atoms with E-state index < -0.39 is 0 Å². The lowest BCUT2D eigenvalue weighted by Crippen LogP contribution is -1.85. The van der Waals surface area contributed by atoms with E-state index in [0.29, 0.717) is 0 Å². The van der Waals surface area contributed by atoms with Crippen LogP contribution >= 0.6 is 0 Å². The molecule has 0 atom stereocenters. The molecule has 0 amide bonds. The van der Waals surface area contributed by atoms with Crippen LogP contribution in [-0.4, -0.2) is 4.98 Å². The Kier molecular flexibility index (Phi) is 2.78. The molecule has 0 aliphatic rings. The Morgan fingerprint density at radius 2 is 2.21 bits per heavy atom. The highest BCUT2D eigenvalue weighted by molar-refractivity contribution is 5.78. The van der Waals surface area contributed by atoms with Crippen LogP contribution < -0.4 is 0 Å². The minimum atomic E-state index is 0. The zero-order valence-electron chi connectivity index (χ0n) is 9.24. The number of hydrogen-bond donors (Lipinski definition) is 0. The van der Waals surface area contributed by atoms with E-state index in [9.17, 15) is 0 Å². The Balaban J connectivity index is 0.00000112. The van der Waals surface area contributed by atoms with E-state index in [-0.39, 0.29) is 1.43 Å². The van der Waals surface area contributed by atoms with Gasteiger partial charge in [0.15, 0.2) is 0 Å². The van der Waals surface area contributed by atoms with Gasteiger partial charge >= 0.3 is 1.43 Å².